The highest BCUT2D eigenvalue weighted by Crippen LogP contribution is 2.31. The monoisotopic (exact) mass is 370 g/mol. The fraction of sp³-hybridized carbons (Fsp3) is 0.200. The zero-order valence-electron chi connectivity index (χ0n) is 14.8. The normalized spacial score (nSPS) is 11.8. The van der Waals surface area contributed by atoms with Gasteiger partial charge < -0.3 is 23.7 Å². The van der Waals surface area contributed by atoms with E-state index in [-0.39, 0.29) is 27.9 Å². The van der Waals surface area contributed by atoms with Crippen molar-refractivity contribution in [3.8, 4) is 23.0 Å². The van der Waals surface area contributed by atoms with E-state index in [1.165, 1.54) is 31.4 Å². The van der Waals surface area contributed by atoms with Crippen molar-refractivity contribution in [1.29, 1.82) is 0 Å². The largest absolute Gasteiger partial charge is 0.490 e. The topological polar surface area (TPSA) is 95.2 Å². The number of aliphatic carboxylic acids is 1. The van der Waals surface area contributed by atoms with Crippen LogP contribution in [-0.2, 0) is 4.79 Å². The Labute approximate surface area is 154 Å². The number of para-hydroxylation sites is 2. The standard InChI is InChI=1S/C20H18O7/c1-3-24-15-6-4-5-7-16(15)27-18-11-25-17-10-13(26-12(2)20(22)23)8-9-14(17)19(18)21/h4-12H,3H2,1-2H3,(H,22,23)/t12-/m1/s1. The molecule has 0 aliphatic heterocycles. The van der Waals surface area contributed by atoms with Crippen molar-refractivity contribution in [2.45, 2.75) is 20.0 Å². The Balaban J connectivity index is 1.92. The lowest BCUT2D eigenvalue weighted by Crippen LogP contribution is -2.22. The van der Waals surface area contributed by atoms with E-state index in [9.17, 15) is 9.59 Å². The molecule has 0 bridgehead atoms. The van der Waals surface area contributed by atoms with Crippen LogP contribution in [0.4, 0.5) is 0 Å². The second kappa shape index (κ2) is 7.82. The molecule has 0 saturated carbocycles. The van der Waals surface area contributed by atoms with Crippen molar-refractivity contribution in [2.75, 3.05) is 6.61 Å². The summed E-state index contributed by atoms with van der Waals surface area (Å²) < 4.78 is 21.9. The van der Waals surface area contributed by atoms with E-state index < -0.39 is 12.1 Å². The first kappa shape index (κ1) is 18.3. The van der Waals surface area contributed by atoms with Crippen molar-refractivity contribution in [1.82, 2.24) is 0 Å². The number of fused-ring (bicyclic) bond motifs is 1. The Morgan fingerprint density at radius 1 is 1.15 bits per heavy atom. The quantitative estimate of drug-likeness (QED) is 0.675. The summed E-state index contributed by atoms with van der Waals surface area (Å²) in [5.41, 5.74) is -0.0964. The molecule has 0 saturated heterocycles. The number of carbonyl (C=O) groups is 1. The van der Waals surface area contributed by atoms with Crippen LogP contribution in [0.25, 0.3) is 11.0 Å². The van der Waals surface area contributed by atoms with Gasteiger partial charge in [0.2, 0.25) is 11.2 Å². The Kier molecular flexibility index (Phi) is 5.30. The molecule has 1 aromatic heterocycles. The van der Waals surface area contributed by atoms with Gasteiger partial charge in [-0.05, 0) is 38.1 Å². The fourth-order valence-corrected chi connectivity index (χ4v) is 2.42. The van der Waals surface area contributed by atoms with Crippen LogP contribution in [0.1, 0.15) is 13.8 Å². The first-order valence-electron chi connectivity index (χ1n) is 8.34. The van der Waals surface area contributed by atoms with E-state index in [4.69, 9.17) is 23.7 Å². The average Bonchev–Trinajstić information content (AvgIpc) is 2.65. The van der Waals surface area contributed by atoms with Crippen LogP contribution in [0, 0.1) is 0 Å². The SMILES string of the molecule is CCOc1ccccc1Oc1coc2cc(O[C@H](C)C(=O)O)ccc2c1=O. The molecular formula is C20H18O7. The van der Waals surface area contributed by atoms with Crippen LogP contribution >= 0.6 is 0 Å². The zero-order chi connectivity index (χ0) is 19.4. The van der Waals surface area contributed by atoms with Crippen LogP contribution in [0.2, 0.25) is 0 Å². The minimum atomic E-state index is -1.09. The first-order chi connectivity index (χ1) is 13.0. The lowest BCUT2D eigenvalue weighted by molar-refractivity contribution is -0.144. The summed E-state index contributed by atoms with van der Waals surface area (Å²) in [5.74, 6) is 0.138. The second-order valence-corrected chi connectivity index (χ2v) is 5.67. The third-order valence-corrected chi connectivity index (χ3v) is 3.74. The molecule has 0 unspecified atom stereocenters. The molecule has 0 aliphatic carbocycles. The molecule has 3 aromatic rings. The van der Waals surface area contributed by atoms with Gasteiger partial charge in [-0.15, -0.1) is 0 Å². The molecular weight excluding hydrogens is 352 g/mol. The van der Waals surface area contributed by atoms with Crippen LogP contribution in [-0.4, -0.2) is 23.8 Å². The predicted octanol–water partition coefficient (Wildman–Crippen LogP) is 3.84. The Hall–Kier alpha value is -3.48. The number of carboxylic acid groups (broad SMARTS) is 1. The fourth-order valence-electron chi connectivity index (χ4n) is 2.42. The molecule has 1 atom stereocenters. The van der Waals surface area contributed by atoms with E-state index in [0.717, 1.165) is 0 Å². The molecule has 140 valence electrons. The third-order valence-electron chi connectivity index (χ3n) is 3.74. The summed E-state index contributed by atoms with van der Waals surface area (Å²) in [6.07, 6.45) is 0.185. The number of hydrogen-bond acceptors (Lipinski definition) is 6. The van der Waals surface area contributed by atoms with Gasteiger partial charge in [0, 0.05) is 6.07 Å². The van der Waals surface area contributed by atoms with Crippen molar-refractivity contribution in [2.24, 2.45) is 0 Å². The molecule has 7 heteroatoms. The minimum absolute atomic E-state index is 0.0159. The average molecular weight is 370 g/mol. The van der Waals surface area contributed by atoms with Crippen LogP contribution in [0.5, 0.6) is 23.0 Å². The highest BCUT2D eigenvalue weighted by Gasteiger charge is 2.15. The lowest BCUT2D eigenvalue weighted by Gasteiger charge is -2.12. The van der Waals surface area contributed by atoms with E-state index in [1.54, 1.807) is 24.3 Å². The van der Waals surface area contributed by atoms with E-state index >= 15 is 0 Å². The summed E-state index contributed by atoms with van der Waals surface area (Å²) in [7, 11) is 0. The summed E-state index contributed by atoms with van der Waals surface area (Å²) >= 11 is 0. The zero-order valence-corrected chi connectivity index (χ0v) is 14.8. The van der Waals surface area contributed by atoms with Gasteiger partial charge in [-0.3, -0.25) is 4.79 Å². The predicted molar refractivity (Wildman–Crippen MR) is 97.9 cm³/mol. The molecule has 0 aliphatic rings. The Morgan fingerprint density at radius 3 is 2.59 bits per heavy atom. The van der Waals surface area contributed by atoms with Gasteiger partial charge in [-0.1, -0.05) is 12.1 Å². The van der Waals surface area contributed by atoms with Gasteiger partial charge in [0.05, 0.1) is 12.0 Å². The van der Waals surface area contributed by atoms with E-state index in [2.05, 4.69) is 0 Å². The van der Waals surface area contributed by atoms with Crippen molar-refractivity contribution < 1.29 is 28.5 Å². The summed E-state index contributed by atoms with van der Waals surface area (Å²) in [6.45, 7) is 3.73. The third kappa shape index (κ3) is 4.03. The van der Waals surface area contributed by atoms with Gasteiger partial charge in [-0.25, -0.2) is 4.79 Å². The number of rotatable bonds is 7. The number of hydrogen-bond donors (Lipinski definition) is 1. The number of carboxylic acids is 1. The smallest absolute Gasteiger partial charge is 0.344 e. The number of ether oxygens (including phenoxy) is 3. The van der Waals surface area contributed by atoms with Crippen LogP contribution in [0.3, 0.4) is 0 Å². The lowest BCUT2D eigenvalue weighted by atomic mass is 10.2. The van der Waals surface area contributed by atoms with Crippen molar-refractivity contribution in [3.63, 3.8) is 0 Å². The van der Waals surface area contributed by atoms with Crippen LogP contribution < -0.4 is 19.6 Å². The minimum Gasteiger partial charge on any atom is -0.490 e. The second-order valence-electron chi connectivity index (χ2n) is 5.67. The van der Waals surface area contributed by atoms with E-state index in [0.29, 0.717) is 18.1 Å². The molecule has 2 aromatic carbocycles. The van der Waals surface area contributed by atoms with Gasteiger partial charge in [0.15, 0.2) is 17.6 Å². The highest BCUT2D eigenvalue weighted by molar-refractivity contribution is 5.79. The molecule has 0 amide bonds. The highest BCUT2D eigenvalue weighted by atomic mass is 16.5. The van der Waals surface area contributed by atoms with Crippen LogP contribution in [0.15, 0.2) is 57.9 Å². The van der Waals surface area contributed by atoms with E-state index in [1.807, 2.05) is 6.92 Å². The molecule has 1 heterocycles. The number of benzene rings is 2. The van der Waals surface area contributed by atoms with Crippen molar-refractivity contribution >= 4 is 16.9 Å². The van der Waals surface area contributed by atoms with Gasteiger partial charge in [0.25, 0.3) is 0 Å². The van der Waals surface area contributed by atoms with Gasteiger partial charge in [-0.2, -0.15) is 0 Å². The Morgan fingerprint density at radius 2 is 1.89 bits per heavy atom. The molecule has 0 spiro atoms. The maximum atomic E-state index is 12.7. The maximum Gasteiger partial charge on any atom is 0.344 e. The Bertz CT molecular complexity index is 1020. The molecule has 0 radical (unpaired) electrons. The van der Waals surface area contributed by atoms with Crippen molar-refractivity contribution in [3.05, 3.63) is 59.0 Å². The summed E-state index contributed by atoms with van der Waals surface area (Å²) in [6, 6.07) is 11.5. The molecule has 3 rings (SSSR count). The summed E-state index contributed by atoms with van der Waals surface area (Å²) in [5, 5.41) is 9.20. The molecule has 0 fully saturated rings. The van der Waals surface area contributed by atoms with Gasteiger partial charge in [0.1, 0.15) is 17.6 Å². The van der Waals surface area contributed by atoms with Gasteiger partial charge >= 0.3 is 5.97 Å². The maximum absolute atomic E-state index is 12.7. The molecule has 1 N–H and O–H groups in total. The molecule has 27 heavy (non-hydrogen) atoms. The summed E-state index contributed by atoms with van der Waals surface area (Å²) in [4.78, 5) is 23.6. The molecule has 7 nitrogen and oxygen atoms in total. The first-order valence-corrected chi connectivity index (χ1v) is 8.34.